The molecule has 0 aliphatic carbocycles. The van der Waals surface area contributed by atoms with E-state index in [0.717, 1.165) is 12.1 Å². The molecule has 0 saturated carbocycles. The summed E-state index contributed by atoms with van der Waals surface area (Å²) in [4.78, 5) is 17.0. The number of rotatable bonds is 1. The van der Waals surface area contributed by atoms with Crippen molar-refractivity contribution in [3.05, 3.63) is 11.3 Å². The van der Waals surface area contributed by atoms with Crippen molar-refractivity contribution < 1.29 is 9.63 Å². The first-order valence-corrected chi connectivity index (χ1v) is 5.74. The maximum absolute atomic E-state index is 11.3. The Kier molecular flexibility index (Phi) is 3.37. The van der Waals surface area contributed by atoms with Crippen LogP contribution in [0.2, 0.25) is 0 Å². The number of nitrogens with zero attached hydrogens (tertiary/aromatic N) is 1. The molecular weight excluding hydrogens is 246 g/mol. The second-order valence-corrected chi connectivity index (χ2v) is 4.76. The molecular formula is C10H16BrNO2. The highest BCUT2D eigenvalue weighted by molar-refractivity contribution is 9.09. The van der Waals surface area contributed by atoms with Gasteiger partial charge >= 0.3 is 0 Å². The average molecular weight is 262 g/mol. The molecule has 1 aliphatic rings. The molecule has 1 aliphatic heterocycles. The Morgan fingerprint density at radius 2 is 2.21 bits per heavy atom. The number of hydroxylamine groups is 2. The van der Waals surface area contributed by atoms with Crippen molar-refractivity contribution in [1.29, 1.82) is 0 Å². The van der Waals surface area contributed by atoms with Gasteiger partial charge in [0.1, 0.15) is 0 Å². The summed E-state index contributed by atoms with van der Waals surface area (Å²) in [6, 6.07) is 0. The average Bonchev–Trinajstić information content (AvgIpc) is 2.01. The lowest BCUT2D eigenvalue weighted by molar-refractivity contribution is -0.222. The Hall–Kier alpha value is -0.350. The minimum Gasteiger partial charge on any atom is -0.273 e. The minimum atomic E-state index is -0.290. The number of carbonyl (C=O) groups excluding carboxylic acids is 1. The van der Waals surface area contributed by atoms with E-state index in [9.17, 15) is 4.79 Å². The van der Waals surface area contributed by atoms with E-state index < -0.39 is 0 Å². The van der Waals surface area contributed by atoms with Crippen molar-refractivity contribution >= 4 is 21.8 Å². The van der Waals surface area contributed by atoms with Gasteiger partial charge in [-0.1, -0.05) is 15.9 Å². The lowest BCUT2D eigenvalue weighted by Crippen LogP contribution is -2.43. The van der Waals surface area contributed by atoms with Gasteiger partial charge in [-0.25, -0.2) is 0 Å². The Bertz CT molecular complexity index is 284. The largest absolute Gasteiger partial charge is 0.273 e. The zero-order chi connectivity index (χ0) is 10.9. The fourth-order valence-corrected chi connectivity index (χ4v) is 2.38. The fraction of sp³-hybridized carbons (Fsp3) is 0.700. The fourth-order valence-electron chi connectivity index (χ4n) is 1.67. The highest BCUT2D eigenvalue weighted by atomic mass is 79.9. The van der Waals surface area contributed by atoms with E-state index in [1.54, 1.807) is 0 Å². The molecule has 1 heterocycles. The number of amides is 1. The van der Waals surface area contributed by atoms with Gasteiger partial charge in [0.05, 0.1) is 11.3 Å². The summed E-state index contributed by atoms with van der Waals surface area (Å²) < 4.78 is 0. The van der Waals surface area contributed by atoms with Gasteiger partial charge in [-0.05, 0) is 26.3 Å². The van der Waals surface area contributed by atoms with Gasteiger partial charge in [0.15, 0.2) is 0 Å². The van der Waals surface area contributed by atoms with Crippen molar-refractivity contribution in [1.82, 2.24) is 5.06 Å². The molecule has 1 rings (SSSR count). The third kappa shape index (κ3) is 2.36. The van der Waals surface area contributed by atoms with E-state index >= 15 is 0 Å². The second kappa shape index (κ2) is 4.03. The van der Waals surface area contributed by atoms with Crippen LogP contribution in [0.3, 0.4) is 0 Å². The summed E-state index contributed by atoms with van der Waals surface area (Å²) in [5.41, 5.74) is 1.84. The number of allylic oxidation sites excluding steroid dienone is 1. The van der Waals surface area contributed by atoms with Crippen molar-refractivity contribution in [2.45, 2.75) is 39.7 Å². The molecule has 4 heteroatoms. The Balaban J connectivity index is 3.03. The van der Waals surface area contributed by atoms with Gasteiger partial charge in [0.2, 0.25) is 5.91 Å². The first-order valence-electron chi connectivity index (χ1n) is 4.62. The molecule has 0 atom stereocenters. The second-order valence-electron chi connectivity index (χ2n) is 4.20. The Labute approximate surface area is 93.2 Å². The maximum Gasteiger partial charge on any atom is 0.247 e. The van der Waals surface area contributed by atoms with Crippen molar-refractivity contribution in [2.24, 2.45) is 0 Å². The SMILES string of the molecule is CC(=O)N1OC(C)(C)CC(C)=C1CBr. The van der Waals surface area contributed by atoms with Crippen LogP contribution in [0.5, 0.6) is 0 Å². The summed E-state index contributed by atoms with van der Waals surface area (Å²) >= 11 is 3.37. The van der Waals surface area contributed by atoms with E-state index in [1.165, 1.54) is 17.6 Å². The van der Waals surface area contributed by atoms with Crippen LogP contribution in [0.15, 0.2) is 11.3 Å². The molecule has 0 fully saturated rings. The number of alkyl halides is 1. The van der Waals surface area contributed by atoms with Crippen LogP contribution < -0.4 is 0 Å². The van der Waals surface area contributed by atoms with Crippen LogP contribution in [0.1, 0.15) is 34.1 Å². The quantitative estimate of drug-likeness (QED) is 0.680. The third-order valence-corrected chi connectivity index (χ3v) is 2.71. The molecule has 0 aromatic heterocycles. The summed E-state index contributed by atoms with van der Waals surface area (Å²) in [5, 5.41) is 2.04. The van der Waals surface area contributed by atoms with E-state index in [-0.39, 0.29) is 11.5 Å². The molecule has 0 bridgehead atoms. The molecule has 0 N–H and O–H groups in total. The van der Waals surface area contributed by atoms with Crippen LogP contribution in [0, 0.1) is 0 Å². The van der Waals surface area contributed by atoms with Gasteiger partial charge in [-0.2, -0.15) is 5.06 Å². The van der Waals surface area contributed by atoms with Crippen molar-refractivity contribution in [3.63, 3.8) is 0 Å². The van der Waals surface area contributed by atoms with Gasteiger partial charge < -0.3 is 0 Å². The molecule has 14 heavy (non-hydrogen) atoms. The van der Waals surface area contributed by atoms with Crippen LogP contribution in [-0.4, -0.2) is 21.9 Å². The van der Waals surface area contributed by atoms with E-state index in [2.05, 4.69) is 15.9 Å². The lowest BCUT2D eigenvalue weighted by atomic mass is 9.97. The Morgan fingerprint density at radius 1 is 1.64 bits per heavy atom. The Morgan fingerprint density at radius 3 is 2.64 bits per heavy atom. The molecule has 1 amide bonds. The van der Waals surface area contributed by atoms with Gasteiger partial charge in [0, 0.05) is 18.7 Å². The first-order chi connectivity index (χ1) is 6.37. The molecule has 0 saturated heterocycles. The van der Waals surface area contributed by atoms with Gasteiger partial charge in [-0.15, -0.1) is 0 Å². The summed E-state index contributed by atoms with van der Waals surface area (Å²) in [7, 11) is 0. The van der Waals surface area contributed by atoms with Crippen LogP contribution in [-0.2, 0) is 9.63 Å². The van der Waals surface area contributed by atoms with Crippen LogP contribution in [0.25, 0.3) is 0 Å². The summed E-state index contributed by atoms with van der Waals surface area (Å²) in [5.74, 6) is -0.0772. The minimum absolute atomic E-state index is 0.0772. The predicted octanol–water partition coefficient (Wildman–Crippen LogP) is 2.62. The number of hydrogen-bond acceptors (Lipinski definition) is 2. The highest BCUT2D eigenvalue weighted by Gasteiger charge is 2.33. The number of halogens is 1. The van der Waals surface area contributed by atoms with E-state index in [0.29, 0.717) is 5.33 Å². The molecule has 0 aromatic rings. The monoisotopic (exact) mass is 261 g/mol. The van der Waals surface area contributed by atoms with Crippen LogP contribution in [0.4, 0.5) is 0 Å². The first kappa shape index (κ1) is 11.7. The van der Waals surface area contributed by atoms with Crippen molar-refractivity contribution in [2.75, 3.05) is 5.33 Å². The highest BCUT2D eigenvalue weighted by Crippen LogP contribution is 2.32. The summed E-state index contributed by atoms with van der Waals surface area (Å²) in [6.45, 7) is 7.52. The topological polar surface area (TPSA) is 29.5 Å². The molecule has 0 radical (unpaired) electrons. The molecule has 0 aromatic carbocycles. The van der Waals surface area contributed by atoms with Crippen molar-refractivity contribution in [3.8, 4) is 0 Å². The normalized spacial score (nSPS) is 21.4. The number of carbonyl (C=O) groups is 1. The molecule has 0 unspecified atom stereocenters. The maximum atomic E-state index is 11.3. The van der Waals surface area contributed by atoms with E-state index in [1.807, 2.05) is 20.8 Å². The van der Waals surface area contributed by atoms with Crippen LogP contribution >= 0.6 is 15.9 Å². The molecule has 3 nitrogen and oxygen atoms in total. The third-order valence-electron chi connectivity index (χ3n) is 2.18. The predicted molar refractivity (Wildman–Crippen MR) is 58.8 cm³/mol. The van der Waals surface area contributed by atoms with Gasteiger partial charge in [-0.3, -0.25) is 9.63 Å². The smallest absolute Gasteiger partial charge is 0.247 e. The zero-order valence-electron chi connectivity index (χ0n) is 9.06. The zero-order valence-corrected chi connectivity index (χ0v) is 10.6. The number of hydrogen-bond donors (Lipinski definition) is 0. The standard InChI is InChI=1S/C10H16BrNO2/c1-7-5-10(3,4)14-12(8(2)13)9(7)6-11/h5-6H2,1-4H3. The summed E-state index contributed by atoms with van der Waals surface area (Å²) in [6.07, 6.45) is 0.859. The molecule has 80 valence electrons. The van der Waals surface area contributed by atoms with E-state index in [4.69, 9.17) is 4.84 Å². The van der Waals surface area contributed by atoms with Gasteiger partial charge in [0.25, 0.3) is 0 Å². The lowest BCUT2D eigenvalue weighted by Gasteiger charge is -2.38. The molecule has 0 spiro atoms.